The van der Waals surface area contributed by atoms with E-state index in [2.05, 4.69) is 41.2 Å². The summed E-state index contributed by atoms with van der Waals surface area (Å²) in [7, 11) is 0. The molecule has 0 bridgehead atoms. The normalized spacial score (nSPS) is 16.1. The van der Waals surface area contributed by atoms with Gasteiger partial charge in [0, 0.05) is 28.7 Å². The quantitative estimate of drug-likeness (QED) is 0.727. The highest BCUT2D eigenvalue weighted by atomic mass is 19.1. The molecule has 1 aromatic heterocycles. The summed E-state index contributed by atoms with van der Waals surface area (Å²) in [6.45, 7) is 4.30. The Morgan fingerprint density at radius 1 is 1.04 bits per heavy atom. The maximum absolute atomic E-state index is 13.3. The molecule has 1 aliphatic rings. The van der Waals surface area contributed by atoms with Crippen molar-refractivity contribution < 1.29 is 4.39 Å². The molecule has 118 valence electrons. The van der Waals surface area contributed by atoms with E-state index in [1.807, 2.05) is 12.1 Å². The Balaban J connectivity index is 1.91. The first-order valence-electron chi connectivity index (χ1n) is 8.31. The number of nitrogens with one attached hydrogen (secondary N) is 1. The van der Waals surface area contributed by atoms with Crippen LogP contribution in [0, 0.1) is 12.7 Å². The fourth-order valence-electron chi connectivity index (χ4n) is 3.73. The van der Waals surface area contributed by atoms with Crippen molar-refractivity contribution in [3.8, 4) is 11.1 Å². The summed E-state index contributed by atoms with van der Waals surface area (Å²) in [6, 6.07) is 13.9. The van der Waals surface area contributed by atoms with Crippen LogP contribution in [0.4, 0.5) is 4.39 Å². The van der Waals surface area contributed by atoms with Crippen LogP contribution in [0.3, 0.4) is 0 Å². The number of benzene rings is 2. The van der Waals surface area contributed by atoms with Crippen molar-refractivity contribution in [2.24, 2.45) is 0 Å². The van der Waals surface area contributed by atoms with Crippen LogP contribution in [0.25, 0.3) is 22.0 Å². The molecule has 0 saturated carbocycles. The summed E-state index contributed by atoms with van der Waals surface area (Å²) in [5, 5.41) is 4.72. The van der Waals surface area contributed by atoms with E-state index in [-0.39, 0.29) is 5.82 Å². The molecule has 0 radical (unpaired) electrons. The lowest BCUT2D eigenvalue weighted by atomic mass is 10.0. The summed E-state index contributed by atoms with van der Waals surface area (Å²) in [6.07, 6.45) is 4.57. The van der Waals surface area contributed by atoms with E-state index in [1.165, 1.54) is 22.0 Å². The fraction of sp³-hybridized carbons (Fsp3) is 0.300. The van der Waals surface area contributed by atoms with E-state index in [0.717, 1.165) is 31.5 Å². The van der Waals surface area contributed by atoms with E-state index in [4.69, 9.17) is 0 Å². The zero-order chi connectivity index (χ0) is 15.8. The number of hydrogen-bond donors (Lipinski definition) is 1. The van der Waals surface area contributed by atoms with Crippen LogP contribution in [-0.4, -0.2) is 17.7 Å². The molecule has 1 N–H and O–H groups in total. The second-order valence-electron chi connectivity index (χ2n) is 6.41. The van der Waals surface area contributed by atoms with Gasteiger partial charge in [0.05, 0.1) is 0 Å². The van der Waals surface area contributed by atoms with Crippen molar-refractivity contribution in [2.45, 2.75) is 25.8 Å². The third-order valence-electron chi connectivity index (χ3n) is 4.92. The average molecular weight is 308 g/mol. The zero-order valence-electron chi connectivity index (χ0n) is 13.3. The molecule has 1 aliphatic heterocycles. The number of hydrogen-bond acceptors (Lipinski definition) is 1. The number of aromatic nitrogens is 1. The fourth-order valence-corrected chi connectivity index (χ4v) is 3.73. The Kier molecular flexibility index (Phi) is 3.66. The van der Waals surface area contributed by atoms with Crippen LogP contribution in [0.5, 0.6) is 0 Å². The summed E-state index contributed by atoms with van der Waals surface area (Å²) in [5.41, 5.74) is 4.85. The van der Waals surface area contributed by atoms with Crippen molar-refractivity contribution in [3.05, 3.63) is 60.0 Å². The van der Waals surface area contributed by atoms with E-state index in [9.17, 15) is 4.39 Å². The summed E-state index contributed by atoms with van der Waals surface area (Å²) in [5.74, 6) is -0.187. The van der Waals surface area contributed by atoms with Gasteiger partial charge in [0.15, 0.2) is 0 Å². The molecule has 3 heteroatoms. The molecule has 0 aliphatic carbocycles. The first-order chi connectivity index (χ1) is 11.2. The number of aryl methyl sites for hydroxylation is 1. The number of piperidine rings is 1. The van der Waals surface area contributed by atoms with Crippen LogP contribution >= 0.6 is 0 Å². The first kappa shape index (κ1) is 14.5. The van der Waals surface area contributed by atoms with Gasteiger partial charge in [-0.25, -0.2) is 4.39 Å². The Hall–Kier alpha value is -2.13. The van der Waals surface area contributed by atoms with Gasteiger partial charge in [-0.15, -0.1) is 0 Å². The van der Waals surface area contributed by atoms with Crippen LogP contribution in [-0.2, 0) is 0 Å². The largest absolute Gasteiger partial charge is 0.344 e. The topological polar surface area (TPSA) is 17.0 Å². The number of halogens is 1. The van der Waals surface area contributed by atoms with E-state index >= 15 is 0 Å². The average Bonchev–Trinajstić information content (AvgIpc) is 2.97. The molecule has 0 amide bonds. The third kappa shape index (κ3) is 2.55. The SMILES string of the molecule is Cc1cccc2c1c(-c1ccc(F)cc1)cn2C1CCNCC1. The molecular formula is C20H21FN2. The van der Waals surface area contributed by atoms with Crippen molar-refractivity contribution in [1.29, 1.82) is 0 Å². The minimum absolute atomic E-state index is 0.187. The predicted octanol–water partition coefficient (Wildman–Crippen LogP) is 4.68. The second kappa shape index (κ2) is 5.82. The molecule has 0 spiro atoms. The lowest BCUT2D eigenvalue weighted by Gasteiger charge is -2.25. The van der Waals surface area contributed by atoms with Crippen LogP contribution in [0.2, 0.25) is 0 Å². The number of fused-ring (bicyclic) bond motifs is 1. The standard InChI is InChI=1S/C20H21FN2/c1-14-3-2-4-19-20(14)18(15-5-7-16(21)8-6-15)13-23(19)17-9-11-22-12-10-17/h2-8,13,17,22H,9-12H2,1H3. The number of rotatable bonds is 2. The Morgan fingerprint density at radius 2 is 1.78 bits per heavy atom. The van der Waals surface area contributed by atoms with Gasteiger partial charge in [-0.1, -0.05) is 24.3 Å². The minimum Gasteiger partial charge on any atom is -0.344 e. The number of nitrogens with zero attached hydrogens (tertiary/aromatic N) is 1. The first-order valence-corrected chi connectivity index (χ1v) is 8.31. The van der Waals surface area contributed by atoms with Gasteiger partial charge in [0.25, 0.3) is 0 Å². The molecule has 2 nitrogen and oxygen atoms in total. The monoisotopic (exact) mass is 308 g/mol. The second-order valence-corrected chi connectivity index (χ2v) is 6.41. The van der Waals surface area contributed by atoms with Crippen LogP contribution in [0.1, 0.15) is 24.4 Å². The molecule has 0 unspecified atom stereocenters. The van der Waals surface area contributed by atoms with Gasteiger partial charge in [0.2, 0.25) is 0 Å². The summed E-state index contributed by atoms with van der Waals surface area (Å²) < 4.78 is 15.7. The van der Waals surface area contributed by atoms with Crippen molar-refractivity contribution in [2.75, 3.05) is 13.1 Å². The van der Waals surface area contributed by atoms with Gasteiger partial charge < -0.3 is 9.88 Å². The lowest BCUT2D eigenvalue weighted by Crippen LogP contribution is -2.29. The highest BCUT2D eigenvalue weighted by Crippen LogP contribution is 2.36. The highest BCUT2D eigenvalue weighted by molar-refractivity contribution is 5.98. The molecule has 0 atom stereocenters. The van der Waals surface area contributed by atoms with E-state index in [0.29, 0.717) is 6.04 Å². The van der Waals surface area contributed by atoms with Gasteiger partial charge in [-0.3, -0.25) is 0 Å². The Labute approximate surface area is 135 Å². The smallest absolute Gasteiger partial charge is 0.123 e. The Morgan fingerprint density at radius 3 is 2.52 bits per heavy atom. The van der Waals surface area contributed by atoms with Gasteiger partial charge in [0.1, 0.15) is 5.82 Å². The van der Waals surface area contributed by atoms with Gasteiger partial charge in [-0.2, -0.15) is 0 Å². The maximum Gasteiger partial charge on any atom is 0.123 e. The molecule has 23 heavy (non-hydrogen) atoms. The molecule has 2 heterocycles. The lowest BCUT2D eigenvalue weighted by molar-refractivity contribution is 0.376. The van der Waals surface area contributed by atoms with E-state index < -0.39 is 0 Å². The van der Waals surface area contributed by atoms with Crippen molar-refractivity contribution in [3.63, 3.8) is 0 Å². The molecule has 1 saturated heterocycles. The molecular weight excluding hydrogens is 287 g/mol. The maximum atomic E-state index is 13.3. The molecule has 4 rings (SSSR count). The molecule has 1 fully saturated rings. The van der Waals surface area contributed by atoms with E-state index in [1.54, 1.807) is 12.1 Å². The van der Waals surface area contributed by atoms with Gasteiger partial charge in [-0.05, 0) is 62.2 Å². The summed E-state index contributed by atoms with van der Waals surface area (Å²) >= 11 is 0. The minimum atomic E-state index is -0.187. The Bertz CT molecular complexity index is 827. The van der Waals surface area contributed by atoms with Crippen LogP contribution in [0.15, 0.2) is 48.7 Å². The predicted molar refractivity (Wildman–Crippen MR) is 93.2 cm³/mol. The third-order valence-corrected chi connectivity index (χ3v) is 4.92. The van der Waals surface area contributed by atoms with Crippen molar-refractivity contribution >= 4 is 10.9 Å². The summed E-state index contributed by atoms with van der Waals surface area (Å²) in [4.78, 5) is 0. The molecule has 3 aromatic rings. The van der Waals surface area contributed by atoms with Gasteiger partial charge >= 0.3 is 0 Å². The van der Waals surface area contributed by atoms with Crippen molar-refractivity contribution in [1.82, 2.24) is 9.88 Å². The zero-order valence-corrected chi connectivity index (χ0v) is 13.3. The molecule has 2 aromatic carbocycles. The highest BCUT2D eigenvalue weighted by Gasteiger charge is 2.20. The van der Waals surface area contributed by atoms with Crippen LogP contribution < -0.4 is 5.32 Å².